The highest BCUT2D eigenvalue weighted by Gasteiger charge is 2.25. The molecule has 0 fully saturated rings. The molecule has 4 N–H and O–H groups in total. The van der Waals surface area contributed by atoms with Gasteiger partial charge in [0, 0.05) is 13.3 Å². The molecule has 1 rings (SSSR count). The van der Waals surface area contributed by atoms with Gasteiger partial charge in [-0.2, -0.15) is 0 Å². The third-order valence-electron chi connectivity index (χ3n) is 4.53. The lowest BCUT2D eigenvalue weighted by atomic mass is 10.0. The monoisotopic (exact) mass is 393 g/mol. The average molecular weight is 394 g/mol. The van der Waals surface area contributed by atoms with Gasteiger partial charge >= 0.3 is 0 Å². The smallest absolute Gasteiger partial charge is 0.243 e. The summed E-state index contributed by atoms with van der Waals surface area (Å²) >= 11 is 0. The van der Waals surface area contributed by atoms with Crippen molar-refractivity contribution in [3.05, 3.63) is 35.6 Å². The molecule has 6 nitrogen and oxygen atoms in total. The third-order valence-corrected chi connectivity index (χ3v) is 4.53. The first-order valence-electron chi connectivity index (χ1n) is 9.94. The van der Waals surface area contributed by atoms with E-state index in [1.807, 2.05) is 0 Å². The van der Waals surface area contributed by atoms with Crippen molar-refractivity contribution in [3.63, 3.8) is 0 Å². The number of amides is 3. The molecule has 7 heteroatoms. The summed E-state index contributed by atoms with van der Waals surface area (Å²) in [5, 5.41) is 5.19. The van der Waals surface area contributed by atoms with E-state index >= 15 is 0 Å². The Morgan fingerprint density at radius 2 is 1.71 bits per heavy atom. The fourth-order valence-electron chi connectivity index (χ4n) is 3.04. The van der Waals surface area contributed by atoms with E-state index in [0.717, 1.165) is 32.1 Å². The predicted molar refractivity (Wildman–Crippen MR) is 107 cm³/mol. The summed E-state index contributed by atoms with van der Waals surface area (Å²) in [7, 11) is 0. The molecule has 0 bridgehead atoms. The molecule has 0 aliphatic carbocycles. The van der Waals surface area contributed by atoms with Gasteiger partial charge in [-0.3, -0.25) is 14.4 Å². The fourth-order valence-corrected chi connectivity index (χ4v) is 3.04. The van der Waals surface area contributed by atoms with E-state index in [1.165, 1.54) is 31.5 Å². The SMILES string of the molecule is CCCCCCCC[C@H](NC(=O)[C@@H](Cc1cccc(F)c1)NC(C)=O)C(N)=O. The Balaban J connectivity index is 2.66. The van der Waals surface area contributed by atoms with Crippen molar-refractivity contribution in [2.75, 3.05) is 0 Å². The molecule has 1 aromatic rings. The predicted octanol–water partition coefficient (Wildman–Crippen LogP) is 2.59. The van der Waals surface area contributed by atoms with Gasteiger partial charge in [-0.25, -0.2) is 4.39 Å². The maximum Gasteiger partial charge on any atom is 0.243 e. The molecular weight excluding hydrogens is 361 g/mol. The van der Waals surface area contributed by atoms with E-state index in [9.17, 15) is 18.8 Å². The Morgan fingerprint density at radius 1 is 1.04 bits per heavy atom. The molecule has 0 saturated heterocycles. The van der Waals surface area contributed by atoms with Crippen LogP contribution in [0, 0.1) is 5.82 Å². The van der Waals surface area contributed by atoms with Gasteiger partial charge in [0.2, 0.25) is 17.7 Å². The van der Waals surface area contributed by atoms with Gasteiger partial charge in [0.1, 0.15) is 17.9 Å². The summed E-state index contributed by atoms with van der Waals surface area (Å²) in [6.07, 6.45) is 6.92. The number of hydrogen-bond acceptors (Lipinski definition) is 3. The van der Waals surface area contributed by atoms with Crippen LogP contribution < -0.4 is 16.4 Å². The molecule has 0 unspecified atom stereocenters. The second-order valence-corrected chi connectivity index (χ2v) is 7.11. The van der Waals surface area contributed by atoms with Crippen molar-refractivity contribution in [1.29, 1.82) is 0 Å². The van der Waals surface area contributed by atoms with Crippen molar-refractivity contribution in [2.24, 2.45) is 5.73 Å². The maximum absolute atomic E-state index is 13.4. The van der Waals surface area contributed by atoms with E-state index in [-0.39, 0.29) is 12.3 Å². The highest BCUT2D eigenvalue weighted by atomic mass is 19.1. The van der Waals surface area contributed by atoms with E-state index in [2.05, 4.69) is 17.6 Å². The number of primary amides is 1. The number of carbonyl (C=O) groups excluding carboxylic acids is 3. The molecule has 1 aromatic carbocycles. The van der Waals surface area contributed by atoms with Gasteiger partial charge < -0.3 is 16.4 Å². The summed E-state index contributed by atoms with van der Waals surface area (Å²) < 4.78 is 13.4. The summed E-state index contributed by atoms with van der Waals surface area (Å²) in [5.74, 6) is -1.91. The number of hydrogen-bond donors (Lipinski definition) is 3. The van der Waals surface area contributed by atoms with Crippen LogP contribution in [0.4, 0.5) is 4.39 Å². The molecule has 0 saturated carbocycles. The number of rotatable bonds is 13. The normalized spacial score (nSPS) is 12.8. The van der Waals surface area contributed by atoms with Gasteiger partial charge in [0.05, 0.1) is 0 Å². The van der Waals surface area contributed by atoms with Crippen LogP contribution in [0.2, 0.25) is 0 Å². The summed E-state index contributed by atoms with van der Waals surface area (Å²) in [6.45, 7) is 3.45. The van der Waals surface area contributed by atoms with Gasteiger partial charge in [-0.1, -0.05) is 57.6 Å². The minimum absolute atomic E-state index is 0.117. The first-order valence-corrected chi connectivity index (χ1v) is 9.94. The second kappa shape index (κ2) is 12.9. The Kier molecular flexibility index (Phi) is 10.8. The van der Waals surface area contributed by atoms with Crippen LogP contribution >= 0.6 is 0 Å². The number of halogens is 1. The second-order valence-electron chi connectivity index (χ2n) is 7.11. The van der Waals surface area contributed by atoms with Crippen molar-refractivity contribution in [3.8, 4) is 0 Å². The fraction of sp³-hybridized carbons (Fsp3) is 0.571. The zero-order valence-electron chi connectivity index (χ0n) is 16.8. The van der Waals surface area contributed by atoms with Crippen LogP contribution in [0.5, 0.6) is 0 Å². The van der Waals surface area contributed by atoms with Crippen LogP contribution in [0.3, 0.4) is 0 Å². The molecule has 0 radical (unpaired) electrons. The van der Waals surface area contributed by atoms with Gasteiger partial charge in [0.15, 0.2) is 0 Å². The lowest BCUT2D eigenvalue weighted by Crippen LogP contribution is -2.53. The molecule has 0 heterocycles. The first kappa shape index (κ1) is 23.6. The molecular formula is C21H32FN3O3. The molecule has 3 amide bonds. The van der Waals surface area contributed by atoms with Gasteiger partial charge in [0.25, 0.3) is 0 Å². The number of benzene rings is 1. The lowest BCUT2D eigenvalue weighted by molar-refractivity contribution is -0.130. The summed E-state index contributed by atoms with van der Waals surface area (Å²) in [4.78, 5) is 35.8. The van der Waals surface area contributed by atoms with Crippen molar-refractivity contribution in [1.82, 2.24) is 10.6 Å². The third kappa shape index (κ3) is 9.48. The highest BCUT2D eigenvalue weighted by molar-refractivity contribution is 5.91. The molecule has 0 aliphatic rings. The van der Waals surface area contributed by atoms with Crippen molar-refractivity contribution in [2.45, 2.75) is 77.3 Å². The van der Waals surface area contributed by atoms with E-state index in [0.29, 0.717) is 12.0 Å². The number of carbonyl (C=O) groups is 3. The Hall–Kier alpha value is -2.44. The minimum atomic E-state index is -0.911. The molecule has 28 heavy (non-hydrogen) atoms. The Labute approximate surface area is 166 Å². The molecule has 2 atom stereocenters. The Morgan fingerprint density at radius 3 is 2.32 bits per heavy atom. The molecule has 156 valence electrons. The molecule has 0 spiro atoms. The van der Waals surface area contributed by atoms with Crippen LogP contribution in [-0.2, 0) is 20.8 Å². The van der Waals surface area contributed by atoms with Gasteiger partial charge in [-0.05, 0) is 24.1 Å². The van der Waals surface area contributed by atoms with Crippen LogP contribution in [0.15, 0.2) is 24.3 Å². The van der Waals surface area contributed by atoms with Gasteiger partial charge in [-0.15, -0.1) is 0 Å². The summed E-state index contributed by atoms with van der Waals surface area (Å²) in [5.41, 5.74) is 6.00. The number of unbranched alkanes of at least 4 members (excludes halogenated alkanes) is 5. The topological polar surface area (TPSA) is 101 Å². The average Bonchev–Trinajstić information content (AvgIpc) is 2.62. The number of nitrogens with one attached hydrogen (secondary N) is 2. The quantitative estimate of drug-likeness (QED) is 0.449. The van der Waals surface area contributed by atoms with Crippen LogP contribution in [-0.4, -0.2) is 29.8 Å². The molecule has 0 aliphatic heterocycles. The zero-order chi connectivity index (χ0) is 20.9. The van der Waals surface area contributed by atoms with E-state index < -0.39 is 29.7 Å². The van der Waals surface area contributed by atoms with Crippen LogP contribution in [0.25, 0.3) is 0 Å². The number of nitrogens with two attached hydrogens (primary N) is 1. The standard InChI is InChI=1S/C21H32FN3O3/c1-3-4-5-6-7-8-12-18(20(23)27)25-21(28)19(24-15(2)26)14-16-10-9-11-17(22)13-16/h9-11,13,18-19H,3-8,12,14H2,1-2H3,(H2,23,27)(H,24,26)(H,25,28)/t18-,19+/m0/s1. The highest BCUT2D eigenvalue weighted by Crippen LogP contribution is 2.10. The molecule has 0 aromatic heterocycles. The minimum Gasteiger partial charge on any atom is -0.368 e. The van der Waals surface area contributed by atoms with Crippen molar-refractivity contribution >= 4 is 17.7 Å². The summed E-state index contributed by atoms with van der Waals surface area (Å²) in [6, 6.07) is 4.13. The lowest BCUT2D eigenvalue weighted by Gasteiger charge is -2.21. The van der Waals surface area contributed by atoms with Crippen LogP contribution in [0.1, 0.15) is 64.4 Å². The van der Waals surface area contributed by atoms with E-state index in [1.54, 1.807) is 6.07 Å². The maximum atomic E-state index is 13.4. The van der Waals surface area contributed by atoms with Crippen molar-refractivity contribution < 1.29 is 18.8 Å². The first-order chi connectivity index (χ1) is 13.3. The van der Waals surface area contributed by atoms with E-state index in [4.69, 9.17) is 5.73 Å². The zero-order valence-corrected chi connectivity index (χ0v) is 16.8. The Bertz CT molecular complexity index is 652. The largest absolute Gasteiger partial charge is 0.368 e.